The molecule has 0 atom stereocenters. The zero-order chi connectivity index (χ0) is 35.8. The van der Waals surface area contributed by atoms with Crippen molar-refractivity contribution in [1.82, 2.24) is 0 Å². The average molecular weight is 690 g/mol. The molecule has 0 spiro atoms. The Hall–Kier alpha value is -7.16. The minimum absolute atomic E-state index is 0.861. The van der Waals surface area contributed by atoms with Gasteiger partial charge in [0.25, 0.3) is 0 Å². The molecule has 0 saturated carbocycles. The van der Waals surface area contributed by atoms with E-state index in [-0.39, 0.29) is 0 Å². The number of rotatable bonds is 7. The van der Waals surface area contributed by atoms with Crippen molar-refractivity contribution in [2.75, 3.05) is 4.90 Å². The van der Waals surface area contributed by atoms with E-state index < -0.39 is 0 Å². The fourth-order valence-corrected chi connectivity index (χ4v) is 7.99. The van der Waals surface area contributed by atoms with Gasteiger partial charge in [-0.2, -0.15) is 0 Å². The lowest BCUT2D eigenvalue weighted by Crippen LogP contribution is -2.11. The van der Waals surface area contributed by atoms with E-state index in [1.807, 2.05) is 12.1 Å². The van der Waals surface area contributed by atoms with E-state index in [9.17, 15) is 0 Å². The molecule has 0 radical (unpaired) electrons. The number of hydrogen-bond acceptors (Lipinski definition) is 2. The van der Waals surface area contributed by atoms with Gasteiger partial charge in [0.2, 0.25) is 0 Å². The highest BCUT2D eigenvalue weighted by Crippen LogP contribution is 2.47. The lowest BCUT2D eigenvalue weighted by atomic mass is 9.89. The Morgan fingerprint density at radius 3 is 1.61 bits per heavy atom. The van der Waals surface area contributed by atoms with Crippen molar-refractivity contribution >= 4 is 49.8 Å². The molecule has 10 aromatic rings. The standard InChI is InChI=1S/C52H35NO/c1-4-15-36(16-5-1)44-24-14-25-48(52(44)40-20-8-3-9-21-40)53(42-32-34-47-46-23-12-13-26-49(46)54-50(47)35-42)41-30-27-38(28-31-41)45-33-29-37-17-10-11-22-43(37)51(45)39-18-6-2-7-19-39/h1-35H. The molecule has 1 aromatic heterocycles. The Bertz CT molecular complexity index is 2910. The molecule has 254 valence electrons. The van der Waals surface area contributed by atoms with Crippen molar-refractivity contribution in [3.8, 4) is 44.5 Å². The van der Waals surface area contributed by atoms with Crippen molar-refractivity contribution in [3.63, 3.8) is 0 Å². The van der Waals surface area contributed by atoms with E-state index in [4.69, 9.17) is 4.42 Å². The van der Waals surface area contributed by atoms with Crippen LogP contribution in [0.1, 0.15) is 0 Å². The minimum atomic E-state index is 0.861. The molecule has 0 N–H and O–H groups in total. The van der Waals surface area contributed by atoms with Crippen LogP contribution in [0.2, 0.25) is 0 Å². The molecule has 9 aromatic carbocycles. The Morgan fingerprint density at radius 1 is 0.315 bits per heavy atom. The van der Waals surface area contributed by atoms with Gasteiger partial charge in [0, 0.05) is 33.8 Å². The first-order valence-electron chi connectivity index (χ1n) is 18.4. The first-order chi connectivity index (χ1) is 26.8. The highest BCUT2D eigenvalue weighted by atomic mass is 16.3. The van der Waals surface area contributed by atoms with E-state index in [1.165, 1.54) is 44.2 Å². The highest BCUT2D eigenvalue weighted by Gasteiger charge is 2.22. The van der Waals surface area contributed by atoms with Gasteiger partial charge in [0.15, 0.2) is 0 Å². The fourth-order valence-electron chi connectivity index (χ4n) is 7.99. The van der Waals surface area contributed by atoms with E-state index in [0.29, 0.717) is 0 Å². The molecule has 0 aliphatic heterocycles. The van der Waals surface area contributed by atoms with Gasteiger partial charge in [-0.3, -0.25) is 0 Å². The predicted molar refractivity (Wildman–Crippen MR) is 228 cm³/mol. The summed E-state index contributed by atoms with van der Waals surface area (Å²) in [5.74, 6) is 0. The highest BCUT2D eigenvalue weighted by molar-refractivity contribution is 6.07. The predicted octanol–water partition coefficient (Wildman–Crippen LogP) is 14.9. The number of anilines is 3. The summed E-state index contributed by atoms with van der Waals surface area (Å²) in [4.78, 5) is 2.38. The third-order valence-electron chi connectivity index (χ3n) is 10.5. The largest absolute Gasteiger partial charge is 0.456 e. The fraction of sp³-hybridized carbons (Fsp3) is 0. The van der Waals surface area contributed by atoms with Gasteiger partial charge in [-0.05, 0) is 86.1 Å². The first kappa shape index (κ1) is 31.6. The van der Waals surface area contributed by atoms with Crippen LogP contribution in [0, 0.1) is 0 Å². The van der Waals surface area contributed by atoms with Gasteiger partial charge in [-0.25, -0.2) is 0 Å². The zero-order valence-electron chi connectivity index (χ0n) is 29.6. The SMILES string of the molecule is c1ccc(-c2cccc(N(c3ccc(-c4ccc5ccccc5c4-c4ccccc4)cc3)c3ccc4c(c3)oc3ccccc34)c2-c2ccccc2)cc1. The third kappa shape index (κ3) is 5.53. The third-order valence-corrected chi connectivity index (χ3v) is 10.5. The lowest BCUT2D eigenvalue weighted by molar-refractivity contribution is 0.669. The van der Waals surface area contributed by atoms with Gasteiger partial charge in [-0.15, -0.1) is 0 Å². The summed E-state index contributed by atoms with van der Waals surface area (Å²) < 4.78 is 6.46. The molecule has 0 fully saturated rings. The van der Waals surface area contributed by atoms with Crippen LogP contribution in [-0.2, 0) is 0 Å². The van der Waals surface area contributed by atoms with Crippen LogP contribution in [0.4, 0.5) is 17.1 Å². The van der Waals surface area contributed by atoms with Crippen molar-refractivity contribution in [3.05, 3.63) is 212 Å². The van der Waals surface area contributed by atoms with Gasteiger partial charge in [0.05, 0.1) is 5.69 Å². The average Bonchev–Trinajstić information content (AvgIpc) is 3.62. The molecular weight excluding hydrogens is 655 g/mol. The lowest BCUT2D eigenvalue weighted by Gasteiger charge is -2.29. The maximum atomic E-state index is 6.46. The zero-order valence-corrected chi connectivity index (χ0v) is 29.6. The topological polar surface area (TPSA) is 16.4 Å². The number of para-hydroxylation sites is 1. The molecule has 0 amide bonds. The summed E-state index contributed by atoms with van der Waals surface area (Å²) in [5.41, 5.74) is 14.4. The van der Waals surface area contributed by atoms with Gasteiger partial charge in [-0.1, -0.05) is 170 Å². The van der Waals surface area contributed by atoms with Crippen LogP contribution in [0.5, 0.6) is 0 Å². The Labute approximate surface area is 314 Å². The minimum Gasteiger partial charge on any atom is -0.456 e. The number of furan rings is 1. The first-order valence-corrected chi connectivity index (χ1v) is 18.4. The van der Waals surface area contributed by atoms with Crippen molar-refractivity contribution < 1.29 is 4.42 Å². The number of hydrogen-bond donors (Lipinski definition) is 0. The summed E-state index contributed by atoms with van der Waals surface area (Å²) in [6.45, 7) is 0. The van der Waals surface area contributed by atoms with Crippen molar-refractivity contribution in [2.24, 2.45) is 0 Å². The summed E-state index contributed by atoms with van der Waals surface area (Å²) in [6.07, 6.45) is 0. The second-order valence-corrected chi connectivity index (χ2v) is 13.7. The molecule has 0 unspecified atom stereocenters. The molecule has 10 rings (SSSR count). The molecule has 0 aliphatic carbocycles. The molecule has 2 heteroatoms. The summed E-state index contributed by atoms with van der Waals surface area (Å²) >= 11 is 0. The Balaban J connectivity index is 1.19. The number of fused-ring (bicyclic) bond motifs is 4. The van der Waals surface area contributed by atoms with Crippen molar-refractivity contribution in [1.29, 1.82) is 0 Å². The van der Waals surface area contributed by atoms with E-state index in [2.05, 4.69) is 205 Å². The maximum absolute atomic E-state index is 6.46. The van der Waals surface area contributed by atoms with Crippen LogP contribution >= 0.6 is 0 Å². The van der Waals surface area contributed by atoms with Gasteiger partial charge >= 0.3 is 0 Å². The Kier molecular flexibility index (Phi) is 7.85. The molecule has 1 heterocycles. The monoisotopic (exact) mass is 689 g/mol. The van der Waals surface area contributed by atoms with E-state index >= 15 is 0 Å². The number of benzene rings is 9. The second-order valence-electron chi connectivity index (χ2n) is 13.7. The number of nitrogens with zero attached hydrogens (tertiary/aromatic N) is 1. The molecule has 2 nitrogen and oxygen atoms in total. The van der Waals surface area contributed by atoms with Crippen LogP contribution in [0.3, 0.4) is 0 Å². The van der Waals surface area contributed by atoms with Crippen LogP contribution in [0.15, 0.2) is 217 Å². The van der Waals surface area contributed by atoms with Crippen molar-refractivity contribution in [2.45, 2.75) is 0 Å². The smallest absolute Gasteiger partial charge is 0.137 e. The van der Waals surface area contributed by atoms with Gasteiger partial charge < -0.3 is 9.32 Å². The van der Waals surface area contributed by atoms with E-state index in [0.717, 1.165) is 50.1 Å². The summed E-state index contributed by atoms with van der Waals surface area (Å²) in [7, 11) is 0. The Morgan fingerprint density at radius 2 is 0.870 bits per heavy atom. The second kappa shape index (κ2) is 13.4. The molecule has 0 aliphatic rings. The molecule has 0 bridgehead atoms. The van der Waals surface area contributed by atoms with Crippen LogP contribution in [0.25, 0.3) is 77.2 Å². The van der Waals surface area contributed by atoms with Crippen LogP contribution < -0.4 is 4.90 Å². The van der Waals surface area contributed by atoms with Crippen LogP contribution in [-0.4, -0.2) is 0 Å². The summed E-state index contributed by atoms with van der Waals surface area (Å²) in [6, 6.07) is 75.9. The maximum Gasteiger partial charge on any atom is 0.137 e. The van der Waals surface area contributed by atoms with Gasteiger partial charge in [0.1, 0.15) is 11.2 Å². The molecule has 54 heavy (non-hydrogen) atoms. The van der Waals surface area contributed by atoms with E-state index in [1.54, 1.807) is 0 Å². The normalized spacial score (nSPS) is 11.3. The summed E-state index contributed by atoms with van der Waals surface area (Å²) in [5, 5.41) is 4.71. The molecule has 0 saturated heterocycles. The quantitative estimate of drug-likeness (QED) is 0.166. The molecular formula is C52H35NO.